The Hall–Kier alpha value is -3.36. The first kappa shape index (κ1) is 18.0. The number of fused-ring (bicyclic) bond motifs is 4. The van der Waals surface area contributed by atoms with Crippen LogP contribution in [0.3, 0.4) is 0 Å². The Labute approximate surface area is 168 Å². The van der Waals surface area contributed by atoms with E-state index in [9.17, 15) is 5.11 Å². The summed E-state index contributed by atoms with van der Waals surface area (Å²) >= 11 is 0. The molecule has 0 saturated heterocycles. The van der Waals surface area contributed by atoms with Crippen LogP contribution in [0.15, 0.2) is 89.3 Å². The molecule has 1 N–H and O–H groups in total. The maximum Gasteiger partial charge on any atom is 0.361 e. The average Bonchev–Trinajstić information content (AvgIpc) is 2.72. The summed E-state index contributed by atoms with van der Waals surface area (Å²) < 4.78 is 6.08. The third-order valence-electron chi connectivity index (χ3n) is 4.93. The van der Waals surface area contributed by atoms with Gasteiger partial charge in [0, 0.05) is 23.8 Å². The number of rotatable bonds is 2. The molecule has 3 heteroatoms. The minimum absolute atomic E-state index is 0. The van der Waals surface area contributed by atoms with E-state index in [1.54, 1.807) is 6.07 Å². The van der Waals surface area contributed by atoms with Crippen LogP contribution in [0.1, 0.15) is 11.3 Å². The second kappa shape index (κ2) is 7.34. The van der Waals surface area contributed by atoms with E-state index in [1.165, 1.54) is 10.8 Å². The molecule has 0 atom stereocenters. The quantitative estimate of drug-likeness (QED) is 0.370. The van der Waals surface area contributed by atoms with E-state index < -0.39 is 0 Å². The van der Waals surface area contributed by atoms with Crippen LogP contribution in [-0.4, -0.2) is 5.11 Å². The molecule has 0 amide bonds. The van der Waals surface area contributed by atoms with Gasteiger partial charge in [0.15, 0.2) is 0 Å². The molecule has 5 rings (SSSR count). The van der Waals surface area contributed by atoms with Crippen molar-refractivity contribution >= 4 is 44.7 Å². The zero-order valence-electron chi connectivity index (χ0n) is 15.0. The summed E-state index contributed by atoms with van der Waals surface area (Å²) in [6.45, 7) is 0. The van der Waals surface area contributed by atoms with E-state index in [0.717, 1.165) is 33.1 Å². The van der Waals surface area contributed by atoms with Crippen molar-refractivity contribution in [2.75, 3.05) is 0 Å². The Balaban J connectivity index is 0.00000192. The second-order valence-corrected chi connectivity index (χ2v) is 6.59. The molecule has 0 aliphatic rings. The van der Waals surface area contributed by atoms with Crippen LogP contribution in [0.25, 0.3) is 44.7 Å². The molecule has 0 spiro atoms. The van der Waals surface area contributed by atoms with Crippen molar-refractivity contribution in [3.05, 3.63) is 96.3 Å². The van der Waals surface area contributed by atoms with Crippen LogP contribution < -0.4 is 12.4 Å². The summed E-state index contributed by atoms with van der Waals surface area (Å²) in [6.07, 6.45) is 3.81. The normalized spacial score (nSPS) is 11.3. The largest absolute Gasteiger partial charge is 1.00 e. The number of phenolic OH excluding ortho intramolecular Hbond substituents is 1. The van der Waals surface area contributed by atoms with Crippen LogP contribution >= 0.6 is 0 Å². The van der Waals surface area contributed by atoms with Gasteiger partial charge in [0.1, 0.15) is 5.75 Å². The average molecular weight is 385 g/mol. The highest BCUT2D eigenvalue weighted by atomic mass is 35.5. The van der Waals surface area contributed by atoms with Gasteiger partial charge in [-0.25, -0.2) is 4.42 Å². The van der Waals surface area contributed by atoms with Gasteiger partial charge in [0.2, 0.25) is 0 Å². The number of benzene rings is 4. The molecule has 0 unspecified atom stereocenters. The van der Waals surface area contributed by atoms with Crippen molar-refractivity contribution in [2.45, 2.75) is 0 Å². The van der Waals surface area contributed by atoms with Crippen LogP contribution in [0.5, 0.6) is 5.75 Å². The monoisotopic (exact) mass is 384 g/mol. The Kier molecular flexibility index (Phi) is 4.72. The number of halogens is 1. The van der Waals surface area contributed by atoms with Gasteiger partial charge in [-0.1, -0.05) is 54.6 Å². The molecular formula is C25H17ClO2. The molecule has 1 heterocycles. The van der Waals surface area contributed by atoms with Gasteiger partial charge in [-0.2, -0.15) is 0 Å². The minimum Gasteiger partial charge on any atom is -1.00 e. The van der Waals surface area contributed by atoms with Crippen molar-refractivity contribution in [3.8, 4) is 5.75 Å². The topological polar surface area (TPSA) is 31.5 Å². The van der Waals surface area contributed by atoms with Crippen molar-refractivity contribution in [3.63, 3.8) is 0 Å². The lowest BCUT2D eigenvalue weighted by Gasteiger charge is -2.04. The van der Waals surface area contributed by atoms with Crippen molar-refractivity contribution in [2.24, 2.45) is 0 Å². The van der Waals surface area contributed by atoms with E-state index >= 15 is 0 Å². The Bertz CT molecular complexity index is 1340. The first-order valence-electron chi connectivity index (χ1n) is 8.93. The first-order valence-corrected chi connectivity index (χ1v) is 8.93. The van der Waals surface area contributed by atoms with E-state index in [1.807, 2.05) is 66.7 Å². The Morgan fingerprint density at radius 2 is 1.29 bits per heavy atom. The lowest BCUT2D eigenvalue weighted by Crippen LogP contribution is -3.00. The summed E-state index contributed by atoms with van der Waals surface area (Å²) in [5, 5.41) is 15.9. The summed E-state index contributed by atoms with van der Waals surface area (Å²) in [7, 11) is 0. The fourth-order valence-electron chi connectivity index (χ4n) is 3.58. The zero-order chi connectivity index (χ0) is 18.2. The molecule has 0 aliphatic carbocycles. The smallest absolute Gasteiger partial charge is 0.361 e. The van der Waals surface area contributed by atoms with E-state index in [0.29, 0.717) is 0 Å². The van der Waals surface area contributed by atoms with Crippen LogP contribution in [-0.2, 0) is 0 Å². The van der Waals surface area contributed by atoms with E-state index in [4.69, 9.17) is 4.42 Å². The maximum absolute atomic E-state index is 10.3. The fraction of sp³-hybridized carbons (Fsp3) is 0. The standard InChI is InChI=1S/C25H16O2.ClH/c26-24-15-9-17-5-1-3-7-20(17)22(24)13-11-19-12-14-23-21-8-4-2-6-18(21)10-16-25(23)27-19;/h1-16H;1H/b13-11-;. The number of aromatic hydroxyl groups is 1. The molecule has 4 aromatic carbocycles. The van der Waals surface area contributed by atoms with Gasteiger partial charge in [0.25, 0.3) is 0 Å². The third-order valence-corrected chi connectivity index (χ3v) is 4.93. The molecular weight excluding hydrogens is 368 g/mol. The molecule has 0 radical (unpaired) electrons. The van der Waals surface area contributed by atoms with Crippen LogP contribution in [0, 0.1) is 0 Å². The molecule has 2 nitrogen and oxygen atoms in total. The Morgan fingerprint density at radius 3 is 2.11 bits per heavy atom. The van der Waals surface area contributed by atoms with Gasteiger partial charge >= 0.3 is 11.3 Å². The molecule has 28 heavy (non-hydrogen) atoms. The number of phenols is 1. The summed E-state index contributed by atoms with van der Waals surface area (Å²) in [6, 6.07) is 28.1. The summed E-state index contributed by atoms with van der Waals surface area (Å²) in [4.78, 5) is 0. The van der Waals surface area contributed by atoms with Gasteiger partial charge in [0.05, 0.1) is 5.39 Å². The van der Waals surface area contributed by atoms with Crippen LogP contribution in [0.4, 0.5) is 0 Å². The highest BCUT2D eigenvalue weighted by Crippen LogP contribution is 2.30. The molecule has 5 aromatic rings. The summed E-state index contributed by atoms with van der Waals surface area (Å²) in [5.41, 5.74) is 1.64. The molecule has 0 fully saturated rings. The molecule has 136 valence electrons. The third kappa shape index (κ3) is 3.08. The fourth-order valence-corrected chi connectivity index (χ4v) is 3.58. The minimum atomic E-state index is 0. The molecule has 0 aliphatic heterocycles. The van der Waals surface area contributed by atoms with Gasteiger partial charge in [-0.15, -0.1) is 0 Å². The molecule has 0 saturated carbocycles. The highest BCUT2D eigenvalue weighted by molar-refractivity contribution is 6.05. The summed E-state index contributed by atoms with van der Waals surface area (Å²) in [5.74, 6) is 1.00. The van der Waals surface area contributed by atoms with Gasteiger partial charge in [-0.3, -0.25) is 0 Å². The van der Waals surface area contributed by atoms with Gasteiger partial charge < -0.3 is 17.5 Å². The molecule has 1 aromatic heterocycles. The van der Waals surface area contributed by atoms with Crippen molar-refractivity contribution in [1.82, 2.24) is 0 Å². The lowest BCUT2D eigenvalue weighted by atomic mass is 10.0. The second-order valence-electron chi connectivity index (χ2n) is 6.59. The van der Waals surface area contributed by atoms with E-state index in [2.05, 4.69) is 24.3 Å². The first-order chi connectivity index (χ1) is 13.3. The Morgan fingerprint density at radius 1 is 0.607 bits per heavy atom. The van der Waals surface area contributed by atoms with Crippen molar-refractivity contribution in [1.29, 1.82) is 0 Å². The van der Waals surface area contributed by atoms with Crippen molar-refractivity contribution < 1.29 is 21.9 Å². The van der Waals surface area contributed by atoms with E-state index in [-0.39, 0.29) is 18.2 Å². The molecule has 0 bridgehead atoms. The maximum atomic E-state index is 10.3. The number of hydrogen-bond donors (Lipinski definition) is 1. The van der Waals surface area contributed by atoms with Gasteiger partial charge in [-0.05, 0) is 45.8 Å². The highest BCUT2D eigenvalue weighted by Gasteiger charge is 2.12. The SMILES string of the molecule is Oc1ccc2ccccc2c1/C=C\c1ccc2c(ccc3ccccc32)[o+]1.[Cl-]. The lowest BCUT2D eigenvalue weighted by molar-refractivity contribution is -0.00000655. The predicted molar refractivity (Wildman–Crippen MR) is 113 cm³/mol. The zero-order valence-corrected chi connectivity index (χ0v) is 15.7. The number of hydrogen-bond acceptors (Lipinski definition) is 1. The predicted octanol–water partition coefficient (Wildman–Crippen LogP) is 3.90. The van der Waals surface area contributed by atoms with Crippen LogP contribution in [0.2, 0.25) is 0 Å².